The summed E-state index contributed by atoms with van der Waals surface area (Å²) in [7, 11) is 0. The Morgan fingerprint density at radius 3 is 2.89 bits per heavy atom. The molecule has 142 valence electrons. The molecule has 0 aliphatic carbocycles. The Balaban J connectivity index is 1.43. The Labute approximate surface area is 160 Å². The molecule has 0 aliphatic rings. The number of amides is 1. The number of aromatic nitrogens is 5. The number of rotatable bonds is 6. The van der Waals surface area contributed by atoms with Crippen molar-refractivity contribution in [3.63, 3.8) is 0 Å². The highest BCUT2D eigenvalue weighted by atomic mass is 16.5. The number of carbonyl (C=O) groups is 1. The summed E-state index contributed by atoms with van der Waals surface area (Å²) >= 11 is 0. The number of benzene rings is 1. The first-order valence-corrected chi connectivity index (χ1v) is 8.69. The SMILES string of the molecule is Cc1cccc(OCC(=O)NCc2nnc3c(-c4nc(C)no4)cccn23)c1. The third kappa shape index (κ3) is 3.68. The lowest BCUT2D eigenvalue weighted by Crippen LogP contribution is -2.29. The van der Waals surface area contributed by atoms with Crippen molar-refractivity contribution >= 4 is 11.6 Å². The third-order valence-electron chi connectivity index (χ3n) is 4.07. The third-order valence-corrected chi connectivity index (χ3v) is 4.07. The van der Waals surface area contributed by atoms with Gasteiger partial charge in [-0.15, -0.1) is 10.2 Å². The average Bonchev–Trinajstić information content (AvgIpc) is 3.31. The second-order valence-corrected chi connectivity index (χ2v) is 6.26. The summed E-state index contributed by atoms with van der Waals surface area (Å²) in [6.07, 6.45) is 1.81. The summed E-state index contributed by atoms with van der Waals surface area (Å²) in [6.45, 7) is 3.85. The van der Waals surface area contributed by atoms with Gasteiger partial charge in [0.05, 0.1) is 12.1 Å². The first-order valence-electron chi connectivity index (χ1n) is 8.69. The summed E-state index contributed by atoms with van der Waals surface area (Å²) in [5.74, 6) is 1.90. The summed E-state index contributed by atoms with van der Waals surface area (Å²) in [6, 6.07) is 11.2. The molecule has 0 unspecified atom stereocenters. The molecule has 28 heavy (non-hydrogen) atoms. The van der Waals surface area contributed by atoms with Crippen LogP contribution in [0.3, 0.4) is 0 Å². The lowest BCUT2D eigenvalue weighted by atomic mass is 10.2. The molecule has 1 N–H and O–H groups in total. The van der Waals surface area contributed by atoms with Crippen molar-refractivity contribution in [2.75, 3.05) is 6.61 Å². The van der Waals surface area contributed by atoms with Crippen LogP contribution in [-0.2, 0) is 11.3 Å². The molecule has 0 aliphatic heterocycles. The van der Waals surface area contributed by atoms with Gasteiger partial charge < -0.3 is 14.6 Å². The Hall–Kier alpha value is -3.75. The quantitative estimate of drug-likeness (QED) is 0.547. The van der Waals surface area contributed by atoms with E-state index in [1.54, 1.807) is 11.3 Å². The molecule has 4 rings (SSSR count). The van der Waals surface area contributed by atoms with Gasteiger partial charge in [-0.25, -0.2) is 0 Å². The Kier molecular flexibility index (Phi) is 4.71. The molecule has 0 bridgehead atoms. The number of pyridine rings is 1. The molecule has 0 radical (unpaired) electrons. The number of ether oxygens (including phenoxy) is 1. The average molecular weight is 378 g/mol. The van der Waals surface area contributed by atoms with E-state index in [-0.39, 0.29) is 19.1 Å². The van der Waals surface area contributed by atoms with Gasteiger partial charge >= 0.3 is 0 Å². The summed E-state index contributed by atoms with van der Waals surface area (Å²) in [5.41, 5.74) is 2.32. The smallest absolute Gasteiger partial charge is 0.261 e. The Morgan fingerprint density at radius 1 is 1.21 bits per heavy atom. The van der Waals surface area contributed by atoms with Crippen molar-refractivity contribution < 1.29 is 14.1 Å². The summed E-state index contributed by atoms with van der Waals surface area (Å²) < 4.78 is 12.5. The minimum absolute atomic E-state index is 0.0767. The van der Waals surface area contributed by atoms with Crippen LogP contribution in [0.2, 0.25) is 0 Å². The number of carbonyl (C=O) groups excluding carboxylic acids is 1. The van der Waals surface area contributed by atoms with Gasteiger partial charge in [-0.3, -0.25) is 9.20 Å². The molecular formula is C19H18N6O3. The van der Waals surface area contributed by atoms with Crippen molar-refractivity contribution in [1.82, 2.24) is 30.1 Å². The molecular weight excluding hydrogens is 360 g/mol. The van der Waals surface area contributed by atoms with Gasteiger partial charge in [0, 0.05) is 6.20 Å². The highest BCUT2D eigenvalue weighted by Gasteiger charge is 2.15. The molecule has 9 nitrogen and oxygen atoms in total. The number of nitrogens with one attached hydrogen (secondary N) is 1. The van der Waals surface area contributed by atoms with Crippen molar-refractivity contribution in [2.24, 2.45) is 0 Å². The number of nitrogens with zero attached hydrogens (tertiary/aromatic N) is 5. The van der Waals surface area contributed by atoms with E-state index in [1.165, 1.54) is 0 Å². The fourth-order valence-corrected chi connectivity index (χ4v) is 2.74. The highest BCUT2D eigenvalue weighted by molar-refractivity contribution is 5.77. The molecule has 0 spiro atoms. The van der Waals surface area contributed by atoms with Crippen LogP contribution in [0.5, 0.6) is 5.75 Å². The van der Waals surface area contributed by atoms with Crippen molar-refractivity contribution in [3.05, 3.63) is 59.8 Å². The van der Waals surface area contributed by atoms with Crippen molar-refractivity contribution in [2.45, 2.75) is 20.4 Å². The van der Waals surface area contributed by atoms with Crippen LogP contribution >= 0.6 is 0 Å². The molecule has 0 saturated heterocycles. The van der Waals surface area contributed by atoms with Gasteiger partial charge in [0.1, 0.15) is 5.75 Å². The lowest BCUT2D eigenvalue weighted by Gasteiger charge is -2.07. The van der Waals surface area contributed by atoms with Crippen LogP contribution in [0.15, 0.2) is 47.1 Å². The Bertz CT molecular complexity index is 1130. The zero-order chi connectivity index (χ0) is 19.5. The minimum atomic E-state index is -0.248. The predicted molar refractivity (Wildman–Crippen MR) is 99.5 cm³/mol. The second-order valence-electron chi connectivity index (χ2n) is 6.26. The molecule has 0 saturated carbocycles. The lowest BCUT2D eigenvalue weighted by molar-refractivity contribution is -0.123. The van der Waals surface area contributed by atoms with E-state index in [4.69, 9.17) is 9.26 Å². The van der Waals surface area contributed by atoms with E-state index in [2.05, 4.69) is 25.7 Å². The van der Waals surface area contributed by atoms with Crippen molar-refractivity contribution in [3.8, 4) is 17.2 Å². The van der Waals surface area contributed by atoms with Crippen LogP contribution in [-0.4, -0.2) is 37.3 Å². The van der Waals surface area contributed by atoms with E-state index in [9.17, 15) is 4.79 Å². The van der Waals surface area contributed by atoms with Crippen molar-refractivity contribution in [1.29, 1.82) is 0 Å². The predicted octanol–water partition coefficient (Wildman–Crippen LogP) is 2.09. The standard InChI is InChI=1S/C19H18N6O3/c1-12-5-3-6-14(9-12)27-11-17(26)20-10-16-22-23-18-15(7-4-8-25(16)18)19-21-13(2)24-28-19/h3-9H,10-11H2,1-2H3,(H,20,26). The molecule has 9 heteroatoms. The van der Waals surface area contributed by atoms with Gasteiger partial charge in [-0.2, -0.15) is 4.98 Å². The number of aryl methyl sites for hydroxylation is 2. The summed E-state index contributed by atoms with van der Waals surface area (Å²) in [5, 5.41) is 14.9. The van der Waals surface area contributed by atoms with Crippen LogP contribution in [0.25, 0.3) is 17.1 Å². The first-order chi connectivity index (χ1) is 13.6. The summed E-state index contributed by atoms with van der Waals surface area (Å²) in [4.78, 5) is 16.3. The van der Waals surface area contributed by atoms with E-state index in [0.29, 0.717) is 34.5 Å². The van der Waals surface area contributed by atoms with Gasteiger partial charge in [0.25, 0.3) is 11.8 Å². The van der Waals surface area contributed by atoms with E-state index >= 15 is 0 Å². The van der Waals surface area contributed by atoms with Crippen LogP contribution in [0.1, 0.15) is 17.2 Å². The number of hydrogen-bond donors (Lipinski definition) is 1. The number of hydrogen-bond acceptors (Lipinski definition) is 7. The maximum Gasteiger partial charge on any atom is 0.261 e. The van der Waals surface area contributed by atoms with Gasteiger partial charge in [0.2, 0.25) is 0 Å². The van der Waals surface area contributed by atoms with E-state index < -0.39 is 0 Å². The first kappa shape index (κ1) is 17.7. The monoisotopic (exact) mass is 378 g/mol. The maximum absolute atomic E-state index is 12.1. The zero-order valence-electron chi connectivity index (χ0n) is 15.4. The van der Waals surface area contributed by atoms with Gasteiger partial charge in [-0.05, 0) is 43.7 Å². The van der Waals surface area contributed by atoms with Gasteiger partial charge in [-0.1, -0.05) is 17.3 Å². The van der Waals surface area contributed by atoms with Crippen LogP contribution < -0.4 is 10.1 Å². The largest absolute Gasteiger partial charge is 0.484 e. The van der Waals surface area contributed by atoms with Crippen LogP contribution in [0.4, 0.5) is 0 Å². The normalized spacial score (nSPS) is 10.9. The topological polar surface area (TPSA) is 107 Å². The van der Waals surface area contributed by atoms with Crippen LogP contribution in [0, 0.1) is 13.8 Å². The fourth-order valence-electron chi connectivity index (χ4n) is 2.74. The molecule has 1 aromatic carbocycles. The van der Waals surface area contributed by atoms with E-state index in [0.717, 1.165) is 5.56 Å². The second kappa shape index (κ2) is 7.47. The molecule has 3 aromatic heterocycles. The molecule has 1 amide bonds. The molecule has 4 aromatic rings. The molecule has 3 heterocycles. The zero-order valence-corrected chi connectivity index (χ0v) is 15.4. The van der Waals surface area contributed by atoms with E-state index in [1.807, 2.05) is 49.5 Å². The fraction of sp³-hybridized carbons (Fsp3) is 0.211. The minimum Gasteiger partial charge on any atom is -0.484 e. The highest BCUT2D eigenvalue weighted by Crippen LogP contribution is 2.22. The number of fused-ring (bicyclic) bond motifs is 1. The van der Waals surface area contributed by atoms with Gasteiger partial charge in [0.15, 0.2) is 23.9 Å². The maximum atomic E-state index is 12.1. The Morgan fingerprint density at radius 2 is 2.11 bits per heavy atom. The molecule has 0 fully saturated rings. The molecule has 0 atom stereocenters.